The summed E-state index contributed by atoms with van der Waals surface area (Å²) in [7, 11) is 0. The third-order valence-corrected chi connectivity index (χ3v) is 6.18. The fraction of sp³-hybridized carbons (Fsp3) is 0.226. The van der Waals surface area contributed by atoms with Crippen molar-refractivity contribution in [3.8, 4) is 0 Å². The van der Waals surface area contributed by atoms with Crippen LogP contribution in [0, 0.1) is 0 Å². The van der Waals surface area contributed by atoms with E-state index in [0.717, 1.165) is 16.7 Å². The van der Waals surface area contributed by atoms with E-state index in [1.54, 1.807) is 6.26 Å². The summed E-state index contributed by atoms with van der Waals surface area (Å²) in [6.07, 6.45) is -0.386. The molecule has 2 heterocycles. The van der Waals surface area contributed by atoms with E-state index in [-0.39, 0.29) is 0 Å². The summed E-state index contributed by atoms with van der Waals surface area (Å²) < 4.78 is 31.4. The first kappa shape index (κ1) is 24.1. The van der Waals surface area contributed by atoms with E-state index < -0.39 is 24.4 Å². The van der Waals surface area contributed by atoms with E-state index in [0.29, 0.717) is 31.3 Å². The molecule has 0 amide bonds. The lowest BCUT2D eigenvalue weighted by atomic mass is 9.95. The lowest BCUT2D eigenvalue weighted by molar-refractivity contribution is -0.219. The van der Waals surface area contributed by atoms with Crippen molar-refractivity contribution >= 4 is 0 Å². The maximum atomic E-state index is 6.54. The van der Waals surface area contributed by atoms with Gasteiger partial charge in [-0.15, -0.1) is 0 Å². The molecule has 0 radical (unpaired) electrons. The first-order valence-corrected chi connectivity index (χ1v) is 12.1. The molecule has 36 heavy (non-hydrogen) atoms. The molecular formula is C31H30O5. The topological polar surface area (TPSA) is 50.1 Å². The van der Waals surface area contributed by atoms with Crippen molar-refractivity contribution in [1.29, 1.82) is 0 Å². The van der Waals surface area contributed by atoms with Gasteiger partial charge in [0.2, 0.25) is 0 Å². The zero-order valence-corrected chi connectivity index (χ0v) is 20.1. The summed E-state index contributed by atoms with van der Waals surface area (Å²) in [4.78, 5) is 0. The molecule has 184 valence electrons. The molecule has 1 saturated heterocycles. The van der Waals surface area contributed by atoms with Crippen LogP contribution in [0.5, 0.6) is 0 Å². The van der Waals surface area contributed by atoms with Crippen molar-refractivity contribution < 1.29 is 23.4 Å². The zero-order chi connectivity index (χ0) is 24.6. The SMILES string of the molecule is C=C1O[C@H](c2ccco2)[C@H](OCc2ccccc2)[C@@H](OCc2ccccc2)[C@@H]1OCc1ccccc1. The van der Waals surface area contributed by atoms with Crippen molar-refractivity contribution in [2.24, 2.45) is 0 Å². The second kappa shape index (κ2) is 11.9. The van der Waals surface area contributed by atoms with Gasteiger partial charge < -0.3 is 23.4 Å². The standard InChI is InChI=1S/C31H30O5/c1-23-28(33-20-24-12-5-2-6-13-24)30(34-21-25-14-7-3-8-15-25)31(29(36-23)27-18-11-19-32-27)35-22-26-16-9-4-10-17-26/h2-19,28-31H,1,20-22H2/t28-,29-,30+,31+/m1/s1. The van der Waals surface area contributed by atoms with Crippen LogP contribution < -0.4 is 0 Å². The quantitative estimate of drug-likeness (QED) is 0.254. The highest BCUT2D eigenvalue weighted by Gasteiger charge is 2.47. The summed E-state index contributed by atoms with van der Waals surface area (Å²) in [5.74, 6) is 1.15. The third-order valence-electron chi connectivity index (χ3n) is 6.18. The molecule has 0 saturated carbocycles. The second-order valence-electron chi connectivity index (χ2n) is 8.76. The predicted octanol–water partition coefficient (Wildman–Crippen LogP) is 6.62. The van der Waals surface area contributed by atoms with E-state index in [9.17, 15) is 0 Å². The van der Waals surface area contributed by atoms with Crippen molar-refractivity contribution in [2.45, 2.75) is 44.2 Å². The molecule has 0 bridgehead atoms. The van der Waals surface area contributed by atoms with Crippen molar-refractivity contribution in [2.75, 3.05) is 0 Å². The third kappa shape index (κ3) is 5.94. The van der Waals surface area contributed by atoms with E-state index in [1.165, 1.54) is 0 Å². The number of ether oxygens (including phenoxy) is 4. The summed E-state index contributed by atoms with van der Waals surface area (Å²) in [6, 6.07) is 33.9. The highest BCUT2D eigenvalue weighted by Crippen LogP contribution is 2.39. The summed E-state index contributed by atoms with van der Waals surface area (Å²) in [6.45, 7) is 5.40. The van der Waals surface area contributed by atoms with Crippen molar-refractivity contribution in [3.05, 3.63) is 144 Å². The van der Waals surface area contributed by atoms with Gasteiger partial charge in [-0.3, -0.25) is 0 Å². The van der Waals surface area contributed by atoms with Crippen LogP contribution in [0.25, 0.3) is 0 Å². The molecule has 1 aromatic heterocycles. The largest absolute Gasteiger partial charge is 0.482 e. The smallest absolute Gasteiger partial charge is 0.184 e. The summed E-state index contributed by atoms with van der Waals surface area (Å²) >= 11 is 0. The van der Waals surface area contributed by atoms with E-state index >= 15 is 0 Å². The van der Waals surface area contributed by atoms with Crippen molar-refractivity contribution in [1.82, 2.24) is 0 Å². The first-order valence-electron chi connectivity index (χ1n) is 12.1. The molecule has 1 fully saturated rings. The van der Waals surface area contributed by atoms with Gasteiger partial charge >= 0.3 is 0 Å². The fourth-order valence-electron chi connectivity index (χ4n) is 4.34. The number of hydrogen-bond acceptors (Lipinski definition) is 5. The van der Waals surface area contributed by atoms with Gasteiger partial charge in [-0.05, 0) is 28.8 Å². The molecule has 0 N–H and O–H groups in total. The molecule has 5 rings (SSSR count). The lowest BCUT2D eigenvalue weighted by Crippen LogP contribution is -2.51. The number of benzene rings is 3. The predicted molar refractivity (Wildman–Crippen MR) is 137 cm³/mol. The number of rotatable bonds is 10. The Morgan fingerprint density at radius 2 is 1.08 bits per heavy atom. The molecule has 0 unspecified atom stereocenters. The summed E-state index contributed by atoms with van der Waals surface area (Å²) in [5, 5.41) is 0. The highest BCUT2D eigenvalue weighted by molar-refractivity contribution is 5.19. The van der Waals surface area contributed by atoms with Crippen LogP contribution in [0.4, 0.5) is 0 Å². The first-order chi connectivity index (χ1) is 17.8. The Kier molecular flexibility index (Phi) is 7.93. The number of hydrogen-bond donors (Lipinski definition) is 0. The summed E-state index contributed by atoms with van der Waals surface area (Å²) in [5.41, 5.74) is 3.18. The Labute approximate surface area is 211 Å². The molecule has 0 spiro atoms. The van der Waals surface area contributed by atoms with Gasteiger partial charge in [-0.1, -0.05) is 97.6 Å². The Balaban J connectivity index is 1.43. The molecule has 4 aromatic rings. The monoisotopic (exact) mass is 482 g/mol. The molecule has 3 aromatic carbocycles. The molecular weight excluding hydrogens is 452 g/mol. The van der Waals surface area contributed by atoms with Gasteiger partial charge in [0.25, 0.3) is 0 Å². The van der Waals surface area contributed by atoms with Gasteiger partial charge in [0.15, 0.2) is 6.10 Å². The average molecular weight is 483 g/mol. The minimum absolute atomic E-state index is 0.398. The fourth-order valence-corrected chi connectivity index (χ4v) is 4.34. The van der Waals surface area contributed by atoms with Gasteiger partial charge in [0.05, 0.1) is 26.1 Å². The van der Waals surface area contributed by atoms with Crippen LogP contribution in [0.3, 0.4) is 0 Å². The van der Waals surface area contributed by atoms with Crippen LogP contribution in [0.2, 0.25) is 0 Å². The van der Waals surface area contributed by atoms with Gasteiger partial charge in [-0.2, -0.15) is 0 Å². The Morgan fingerprint density at radius 3 is 1.58 bits per heavy atom. The Bertz CT molecular complexity index is 1190. The average Bonchev–Trinajstić information content (AvgIpc) is 3.47. The normalized spacial score (nSPS) is 21.7. The van der Waals surface area contributed by atoms with Crippen LogP contribution >= 0.6 is 0 Å². The number of furan rings is 1. The van der Waals surface area contributed by atoms with Crippen molar-refractivity contribution in [3.63, 3.8) is 0 Å². The Hall–Kier alpha value is -3.64. The van der Waals surface area contributed by atoms with E-state index in [4.69, 9.17) is 23.4 Å². The lowest BCUT2D eigenvalue weighted by Gasteiger charge is -2.42. The van der Waals surface area contributed by atoms with Gasteiger partial charge in [-0.25, -0.2) is 0 Å². The molecule has 5 nitrogen and oxygen atoms in total. The highest BCUT2D eigenvalue weighted by atomic mass is 16.6. The minimum Gasteiger partial charge on any atom is -0.482 e. The van der Waals surface area contributed by atoms with E-state index in [2.05, 4.69) is 6.58 Å². The molecule has 0 aliphatic carbocycles. The molecule has 4 atom stereocenters. The van der Waals surface area contributed by atoms with Gasteiger partial charge in [0.1, 0.15) is 29.8 Å². The molecule has 5 heteroatoms. The zero-order valence-electron chi connectivity index (χ0n) is 20.1. The minimum atomic E-state index is -0.527. The molecule has 1 aliphatic heterocycles. The van der Waals surface area contributed by atoms with E-state index in [1.807, 2.05) is 103 Å². The van der Waals surface area contributed by atoms with Gasteiger partial charge in [0, 0.05) is 0 Å². The maximum absolute atomic E-state index is 6.54. The molecule has 1 aliphatic rings. The van der Waals surface area contributed by atoms with Crippen LogP contribution in [0.15, 0.2) is 126 Å². The Morgan fingerprint density at radius 1 is 0.583 bits per heavy atom. The maximum Gasteiger partial charge on any atom is 0.184 e. The van der Waals surface area contributed by atoms with Crippen LogP contribution in [0.1, 0.15) is 28.6 Å². The van der Waals surface area contributed by atoms with Crippen LogP contribution in [-0.2, 0) is 38.8 Å². The van der Waals surface area contributed by atoms with Crippen LogP contribution in [-0.4, -0.2) is 18.3 Å². The second-order valence-corrected chi connectivity index (χ2v) is 8.76.